The van der Waals surface area contributed by atoms with Crippen molar-refractivity contribution in [2.75, 3.05) is 5.75 Å². The van der Waals surface area contributed by atoms with E-state index in [1.54, 1.807) is 0 Å². The zero-order valence-corrected chi connectivity index (χ0v) is 10.9. The maximum Gasteiger partial charge on any atom is 0.155 e. The maximum atomic E-state index is 4.61. The van der Waals surface area contributed by atoms with Crippen LogP contribution in [0.25, 0.3) is 5.65 Å². The average Bonchev–Trinajstić information content (AvgIpc) is 2.74. The summed E-state index contributed by atoms with van der Waals surface area (Å²) in [6, 6.07) is 6.14. The number of nitrogens with zero attached hydrogens (tertiary/aromatic N) is 3. The van der Waals surface area contributed by atoms with Crippen molar-refractivity contribution in [2.45, 2.75) is 37.9 Å². The minimum atomic E-state index is 0.724. The van der Waals surface area contributed by atoms with Crippen LogP contribution in [-0.4, -0.2) is 25.6 Å². The Kier molecular flexibility index (Phi) is 3.05. The summed E-state index contributed by atoms with van der Waals surface area (Å²) in [6.45, 7) is 2.07. The predicted octanol–water partition coefficient (Wildman–Crippen LogP) is 2.87. The Labute approximate surface area is 106 Å². The van der Waals surface area contributed by atoms with Crippen molar-refractivity contribution in [1.82, 2.24) is 14.6 Å². The molecule has 0 N–H and O–H groups in total. The molecule has 2 aromatic rings. The van der Waals surface area contributed by atoms with E-state index in [1.165, 1.54) is 25.0 Å². The van der Waals surface area contributed by atoms with Gasteiger partial charge in [0, 0.05) is 17.4 Å². The van der Waals surface area contributed by atoms with Gasteiger partial charge in [-0.25, -0.2) is 9.50 Å². The van der Waals surface area contributed by atoms with E-state index in [4.69, 9.17) is 0 Å². The van der Waals surface area contributed by atoms with Crippen LogP contribution in [0.5, 0.6) is 0 Å². The molecular weight excluding hydrogens is 230 g/mol. The first-order chi connectivity index (χ1) is 8.33. The molecule has 3 nitrogen and oxygen atoms in total. The summed E-state index contributed by atoms with van der Waals surface area (Å²) in [6.07, 6.45) is 5.08. The number of fused-ring (bicyclic) bond motifs is 1. The van der Waals surface area contributed by atoms with E-state index in [2.05, 4.69) is 34.8 Å². The number of pyridine rings is 1. The van der Waals surface area contributed by atoms with Crippen molar-refractivity contribution in [3.05, 3.63) is 29.7 Å². The van der Waals surface area contributed by atoms with Gasteiger partial charge in [-0.15, -0.1) is 0 Å². The number of hydrogen-bond donors (Lipinski definition) is 0. The van der Waals surface area contributed by atoms with Crippen molar-refractivity contribution in [1.29, 1.82) is 0 Å². The Morgan fingerprint density at radius 3 is 3.12 bits per heavy atom. The molecule has 1 fully saturated rings. The van der Waals surface area contributed by atoms with Gasteiger partial charge in [-0.1, -0.05) is 12.5 Å². The normalized spacial score (nSPS) is 20.9. The number of hydrogen-bond acceptors (Lipinski definition) is 3. The molecule has 90 valence electrons. The molecule has 0 spiro atoms. The zero-order valence-electron chi connectivity index (χ0n) is 10.1. The summed E-state index contributed by atoms with van der Waals surface area (Å²) in [7, 11) is 0. The quantitative estimate of drug-likeness (QED) is 0.817. The Bertz CT molecular complexity index is 514. The third-order valence-corrected chi connectivity index (χ3v) is 4.68. The van der Waals surface area contributed by atoms with Gasteiger partial charge in [0.05, 0.1) is 0 Å². The van der Waals surface area contributed by atoms with Crippen LogP contribution in [0.4, 0.5) is 0 Å². The Balaban J connectivity index is 1.83. The van der Waals surface area contributed by atoms with Gasteiger partial charge in [0.25, 0.3) is 0 Å². The monoisotopic (exact) mass is 247 g/mol. The average molecular weight is 247 g/mol. The molecule has 1 atom stereocenters. The molecule has 1 aliphatic heterocycles. The van der Waals surface area contributed by atoms with E-state index >= 15 is 0 Å². The highest BCUT2D eigenvalue weighted by atomic mass is 32.2. The van der Waals surface area contributed by atoms with Gasteiger partial charge in [-0.2, -0.15) is 16.9 Å². The lowest BCUT2D eigenvalue weighted by Gasteiger charge is -2.19. The highest BCUT2D eigenvalue weighted by molar-refractivity contribution is 7.99. The topological polar surface area (TPSA) is 30.2 Å². The fraction of sp³-hybridized carbons (Fsp3) is 0.538. The largest absolute Gasteiger partial charge is 0.218 e. The number of rotatable bonds is 2. The molecule has 0 amide bonds. The van der Waals surface area contributed by atoms with Gasteiger partial charge < -0.3 is 0 Å². The molecule has 3 rings (SSSR count). The van der Waals surface area contributed by atoms with Crippen LogP contribution in [0.3, 0.4) is 0 Å². The Morgan fingerprint density at radius 1 is 1.41 bits per heavy atom. The minimum absolute atomic E-state index is 0.724. The highest BCUT2D eigenvalue weighted by Gasteiger charge is 2.17. The zero-order chi connectivity index (χ0) is 11.7. The van der Waals surface area contributed by atoms with E-state index in [1.807, 2.05) is 16.6 Å². The first-order valence-corrected chi connectivity index (χ1v) is 7.31. The lowest BCUT2D eigenvalue weighted by Crippen LogP contribution is -2.13. The molecule has 0 radical (unpaired) electrons. The first kappa shape index (κ1) is 11.1. The van der Waals surface area contributed by atoms with Crippen LogP contribution >= 0.6 is 11.8 Å². The summed E-state index contributed by atoms with van der Waals surface area (Å²) in [5.74, 6) is 2.30. The van der Waals surface area contributed by atoms with Crippen LogP contribution in [0.1, 0.15) is 30.8 Å². The first-order valence-electron chi connectivity index (χ1n) is 6.26. The molecule has 2 aromatic heterocycles. The second-order valence-corrected chi connectivity index (χ2v) is 6.07. The molecular formula is C13H17N3S. The summed E-state index contributed by atoms with van der Waals surface area (Å²) in [5.41, 5.74) is 2.12. The lowest BCUT2D eigenvalue weighted by molar-refractivity contribution is 0.646. The van der Waals surface area contributed by atoms with Gasteiger partial charge in [-0.05, 0) is 37.7 Å². The molecule has 1 unspecified atom stereocenters. The number of aromatic nitrogens is 3. The smallest absolute Gasteiger partial charge is 0.155 e. The van der Waals surface area contributed by atoms with Gasteiger partial charge in [-0.3, -0.25) is 0 Å². The highest BCUT2D eigenvalue weighted by Crippen LogP contribution is 2.27. The van der Waals surface area contributed by atoms with Crippen LogP contribution < -0.4 is 0 Å². The molecule has 1 saturated heterocycles. The van der Waals surface area contributed by atoms with Gasteiger partial charge >= 0.3 is 0 Å². The van der Waals surface area contributed by atoms with Crippen molar-refractivity contribution >= 4 is 17.4 Å². The number of thioether (sulfide) groups is 1. The standard InChI is InChI=1S/C13H17N3S/c1-10-5-4-7-13-14-12(15-16(10)13)9-11-6-2-3-8-17-11/h4-5,7,11H,2-3,6,8-9H2,1H3. The van der Waals surface area contributed by atoms with Gasteiger partial charge in [0.2, 0.25) is 0 Å². The Morgan fingerprint density at radius 2 is 2.35 bits per heavy atom. The van der Waals surface area contributed by atoms with E-state index < -0.39 is 0 Å². The van der Waals surface area contributed by atoms with Crippen molar-refractivity contribution < 1.29 is 0 Å². The van der Waals surface area contributed by atoms with Crippen LogP contribution in [0, 0.1) is 6.92 Å². The Hall–Kier alpha value is -1.03. The lowest BCUT2D eigenvalue weighted by atomic mass is 10.1. The summed E-state index contributed by atoms with van der Waals surface area (Å²) >= 11 is 2.08. The van der Waals surface area contributed by atoms with Crippen LogP contribution in [0.15, 0.2) is 18.2 Å². The molecule has 17 heavy (non-hydrogen) atoms. The van der Waals surface area contributed by atoms with Crippen molar-refractivity contribution in [3.8, 4) is 0 Å². The second kappa shape index (κ2) is 4.69. The SMILES string of the molecule is Cc1cccc2nc(CC3CCCCS3)nn12. The second-order valence-electron chi connectivity index (χ2n) is 4.66. The van der Waals surface area contributed by atoms with E-state index in [9.17, 15) is 0 Å². The van der Waals surface area contributed by atoms with Crippen molar-refractivity contribution in [2.24, 2.45) is 0 Å². The summed E-state index contributed by atoms with van der Waals surface area (Å²) < 4.78 is 1.95. The van der Waals surface area contributed by atoms with Crippen LogP contribution in [0.2, 0.25) is 0 Å². The molecule has 3 heterocycles. The molecule has 1 aliphatic rings. The predicted molar refractivity (Wildman–Crippen MR) is 71.5 cm³/mol. The number of aryl methyl sites for hydroxylation is 1. The fourth-order valence-electron chi connectivity index (χ4n) is 2.34. The molecule has 0 aromatic carbocycles. The van der Waals surface area contributed by atoms with Gasteiger partial charge in [0.15, 0.2) is 11.5 Å². The van der Waals surface area contributed by atoms with E-state index in [0.29, 0.717) is 0 Å². The minimum Gasteiger partial charge on any atom is -0.218 e. The fourth-order valence-corrected chi connectivity index (χ4v) is 3.64. The third-order valence-electron chi connectivity index (χ3n) is 3.28. The summed E-state index contributed by atoms with van der Waals surface area (Å²) in [5, 5.41) is 5.32. The van der Waals surface area contributed by atoms with E-state index in [-0.39, 0.29) is 0 Å². The summed E-state index contributed by atoms with van der Waals surface area (Å²) in [4.78, 5) is 4.61. The van der Waals surface area contributed by atoms with Crippen molar-refractivity contribution in [3.63, 3.8) is 0 Å². The van der Waals surface area contributed by atoms with Crippen LogP contribution in [-0.2, 0) is 6.42 Å². The molecule has 4 heteroatoms. The third kappa shape index (κ3) is 2.32. The van der Waals surface area contributed by atoms with Gasteiger partial charge in [0.1, 0.15) is 0 Å². The molecule has 0 saturated carbocycles. The molecule has 0 aliphatic carbocycles. The molecule has 0 bridgehead atoms. The van der Waals surface area contributed by atoms with E-state index in [0.717, 1.165) is 28.8 Å². The maximum absolute atomic E-state index is 4.61.